The molecule has 0 bridgehead atoms. The second kappa shape index (κ2) is 15.6. The Morgan fingerprint density at radius 1 is 0.667 bits per heavy atom. The Morgan fingerprint density at radius 3 is 2.19 bits per heavy atom. The van der Waals surface area contributed by atoms with Crippen LogP contribution in [0.5, 0.6) is 0 Å². The third kappa shape index (κ3) is 7.05. The maximum atomic E-state index is 2.39. The molecule has 0 heterocycles. The predicted molar refractivity (Wildman–Crippen MR) is 238 cm³/mol. The van der Waals surface area contributed by atoms with Crippen LogP contribution in [0.15, 0.2) is 158 Å². The van der Waals surface area contributed by atoms with Gasteiger partial charge in [0.2, 0.25) is 0 Å². The molecule has 0 atom stereocenters. The van der Waals surface area contributed by atoms with Crippen molar-refractivity contribution in [1.29, 1.82) is 0 Å². The van der Waals surface area contributed by atoms with Gasteiger partial charge in [0, 0.05) is 0 Å². The Bertz CT molecular complexity index is 2780. The lowest BCUT2D eigenvalue weighted by Gasteiger charge is -2.13. The molecule has 1 aliphatic rings. The summed E-state index contributed by atoms with van der Waals surface area (Å²) in [5.41, 5.74) is 13.2. The zero-order chi connectivity index (χ0) is 37.0. The van der Waals surface area contributed by atoms with Crippen molar-refractivity contribution in [2.45, 2.75) is 53.4 Å². The van der Waals surface area contributed by atoms with E-state index < -0.39 is 0 Å². The van der Waals surface area contributed by atoms with Crippen molar-refractivity contribution >= 4 is 61.2 Å². The van der Waals surface area contributed by atoms with E-state index in [2.05, 4.69) is 198 Å². The SMILES string of the molecule is CC/C(C)=c1/c(=C\C=C(/C)c2ccc(C/C=C\c3ccc4ccc(C5=CC=CCC5)cc4c3C)c3ccccc23)ccc2ccc(-c3ccccc3)cc12. The Labute approximate surface area is 320 Å². The smallest absolute Gasteiger partial charge is 0.00879 e. The van der Waals surface area contributed by atoms with E-state index in [9.17, 15) is 0 Å². The van der Waals surface area contributed by atoms with Crippen LogP contribution in [0.25, 0.3) is 72.3 Å². The van der Waals surface area contributed by atoms with E-state index in [0.29, 0.717) is 0 Å². The molecule has 7 aromatic rings. The number of hydrogen-bond acceptors (Lipinski definition) is 0. The largest absolute Gasteiger partial charge is 0.0842 e. The quantitative estimate of drug-likeness (QED) is 0.148. The highest BCUT2D eigenvalue weighted by Crippen LogP contribution is 2.31. The van der Waals surface area contributed by atoms with Gasteiger partial charge in [0.15, 0.2) is 0 Å². The van der Waals surface area contributed by atoms with Crippen LogP contribution in [0, 0.1) is 6.92 Å². The van der Waals surface area contributed by atoms with Crippen LogP contribution in [0.4, 0.5) is 0 Å². The van der Waals surface area contributed by atoms with Gasteiger partial charge in [0.25, 0.3) is 0 Å². The van der Waals surface area contributed by atoms with E-state index >= 15 is 0 Å². The summed E-state index contributed by atoms with van der Waals surface area (Å²) in [6.45, 7) is 9.05. The number of rotatable bonds is 8. The summed E-state index contributed by atoms with van der Waals surface area (Å²) >= 11 is 0. The maximum Gasteiger partial charge on any atom is -0.00879 e. The zero-order valence-electron chi connectivity index (χ0n) is 32.0. The van der Waals surface area contributed by atoms with Crippen molar-refractivity contribution in [3.05, 3.63) is 196 Å². The first-order chi connectivity index (χ1) is 26.5. The molecule has 0 amide bonds. The molecule has 0 saturated carbocycles. The fourth-order valence-corrected chi connectivity index (χ4v) is 8.15. The first-order valence-corrected chi connectivity index (χ1v) is 19.5. The minimum absolute atomic E-state index is 0.879. The molecule has 0 spiro atoms. The number of fused-ring (bicyclic) bond motifs is 3. The fourth-order valence-electron chi connectivity index (χ4n) is 8.15. The van der Waals surface area contributed by atoms with Crippen LogP contribution in [-0.4, -0.2) is 0 Å². The Balaban J connectivity index is 1.11. The zero-order valence-corrected chi connectivity index (χ0v) is 32.0. The normalized spacial score (nSPS) is 14.4. The number of allylic oxidation sites excluding steroid dienone is 7. The van der Waals surface area contributed by atoms with Gasteiger partial charge >= 0.3 is 0 Å². The lowest BCUT2D eigenvalue weighted by molar-refractivity contribution is 1.05. The van der Waals surface area contributed by atoms with Gasteiger partial charge in [-0.3, -0.25) is 0 Å². The van der Waals surface area contributed by atoms with Crippen molar-refractivity contribution in [2.24, 2.45) is 0 Å². The molecule has 7 aromatic carbocycles. The van der Waals surface area contributed by atoms with Gasteiger partial charge < -0.3 is 0 Å². The first kappa shape index (κ1) is 35.1. The molecule has 0 unspecified atom stereocenters. The number of aryl methyl sites for hydroxylation is 1. The summed E-state index contributed by atoms with van der Waals surface area (Å²) in [5, 5.41) is 10.5. The second-order valence-electron chi connectivity index (χ2n) is 14.8. The minimum atomic E-state index is 0.879. The maximum absolute atomic E-state index is 2.39. The van der Waals surface area contributed by atoms with E-state index in [0.717, 1.165) is 25.7 Å². The summed E-state index contributed by atoms with van der Waals surface area (Å²) in [6.07, 6.45) is 20.1. The Morgan fingerprint density at radius 2 is 1.39 bits per heavy atom. The molecular formula is C54H48. The molecule has 0 N–H and O–H groups in total. The summed E-state index contributed by atoms with van der Waals surface area (Å²) in [7, 11) is 0. The van der Waals surface area contributed by atoms with Gasteiger partial charge in [-0.05, 0) is 151 Å². The topological polar surface area (TPSA) is 0 Å². The number of hydrogen-bond donors (Lipinski definition) is 0. The molecule has 0 nitrogen and oxygen atoms in total. The molecule has 0 saturated heterocycles. The van der Waals surface area contributed by atoms with Crippen molar-refractivity contribution in [2.75, 3.05) is 0 Å². The van der Waals surface area contributed by atoms with Gasteiger partial charge in [0.1, 0.15) is 0 Å². The van der Waals surface area contributed by atoms with Crippen molar-refractivity contribution in [1.82, 2.24) is 0 Å². The van der Waals surface area contributed by atoms with Gasteiger partial charge in [0.05, 0.1) is 0 Å². The molecule has 0 aliphatic heterocycles. The lowest BCUT2D eigenvalue weighted by Crippen LogP contribution is -2.27. The Kier molecular flexibility index (Phi) is 10.1. The van der Waals surface area contributed by atoms with Gasteiger partial charge in [-0.2, -0.15) is 0 Å². The highest BCUT2D eigenvalue weighted by atomic mass is 14.1. The molecule has 0 heteroatoms. The minimum Gasteiger partial charge on any atom is -0.0842 e. The molecule has 264 valence electrons. The monoisotopic (exact) mass is 696 g/mol. The van der Waals surface area contributed by atoms with Gasteiger partial charge in [-0.15, -0.1) is 0 Å². The summed E-state index contributed by atoms with van der Waals surface area (Å²) < 4.78 is 0. The van der Waals surface area contributed by atoms with Crippen LogP contribution in [0.2, 0.25) is 0 Å². The van der Waals surface area contributed by atoms with Crippen LogP contribution < -0.4 is 10.4 Å². The average molecular weight is 697 g/mol. The highest BCUT2D eigenvalue weighted by Gasteiger charge is 2.10. The van der Waals surface area contributed by atoms with Crippen LogP contribution in [0.1, 0.15) is 67.9 Å². The highest BCUT2D eigenvalue weighted by molar-refractivity contribution is 5.97. The third-order valence-corrected chi connectivity index (χ3v) is 11.4. The third-order valence-electron chi connectivity index (χ3n) is 11.4. The Hall–Kier alpha value is -5.98. The van der Waals surface area contributed by atoms with Crippen molar-refractivity contribution in [3.8, 4) is 11.1 Å². The van der Waals surface area contributed by atoms with E-state index in [4.69, 9.17) is 0 Å². The standard InChI is InChI=1S/C54H48/c1-5-37(2)54-46(30-27-45-29-32-48(36-53(45)54)42-17-10-7-11-18-42)24-23-38(3)49-34-33-43(50-21-12-13-22-51(49)50)20-14-19-40-25-26-44-28-31-47(35-52(44)39(40)4)41-15-8-6-9-16-41/h6-8,10-15,17-19,21-36H,5,9,16,20H2,1-4H3/b19-14-,38-23+,46-24-,54-37-. The summed E-state index contributed by atoms with van der Waals surface area (Å²) in [5.74, 6) is 0. The molecule has 1 aliphatic carbocycles. The fraction of sp³-hybridized carbons (Fsp3) is 0.148. The molecule has 0 aromatic heterocycles. The van der Waals surface area contributed by atoms with Crippen LogP contribution in [-0.2, 0) is 6.42 Å². The number of benzene rings is 7. The lowest BCUT2D eigenvalue weighted by atomic mass is 9.92. The average Bonchev–Trinajstić information content (AvgIpc) is 3.23. The van der Waals surface area contributed by atoms with E-state index in [1.807, 2.05) is 0 Å². The van der Waals surface area contributed by atoms with Crippen LogP contribution >= 0.6 is 0 Å². The summed E-state index contributed by atoms with van der Waals surface area (Å²) in [6, 6.07) is 47.2. The molecule has 54 heavy (non-hydrogen) atoms. The molecule has 8 rings (SSSR count). The first-order valence-electron chi connectivity index (χ1n) is 19.5. The van der Waals surface area contributed by atoms with Gasteiger partial charge in [-0.25, -0.2) is 0 Å². The second-order valence-corrected chi connectivity index (χ2v) is 14.8. The van der Waals surface area contributed by atoms with Gasteiger partial charge in [-0.1, -0.05) is 170 Å². The van der Waals surface area contributed by atoms with E-state index in [1.54, 1.807) is 0 Å². The predicted octanol–water partition coefficient (Wildman–Crippen LogP) is 13.6. The van der Waals surface area contributed by atoms with Crippen molar-refractivity contribution in [3.63, 3.8) is 0 Å². The van der Waals surface area contributed by atoms with Crippen molar-refractivity contribution < 1.29 is 0 Å². The molecular weight excluding hydrogens is 649 g/mol. The van der Waals surface area contributed by atoms with E-state index in [1.165, 1.54) is 98.4 Å². The van der Waals surface area contributed by atoms with E-state index in [-0.39, 0.29) is 0 Å². The summed E-state index contributed by atoms with van der Waals surface area (Å²) in [4.78, 5) is 0. The molecule has 0 fully saturated rings. The molecule has 0 radical (unpaired) electrons. The van der Waals surface area contributed by atoms with Crippen LogP contribution in [0.3, 0.4) is 0 Å².